The number of hydrogen-bond acceptors (Lipinski definition) is 3. The van der Waals surface area contributed by atoms with Crippen molar-refractivity contribution in [3.8, 4) is 0 Å². The lowest BCUT2D eigenvalue weighted by Crippen LogP contribution is -2.54. The van der Waals surface area contributed by atoms with Crippen LogP contribution in [-0.2, 0) is 0 Å². The highest BCUT2D eigenvalue weighted by Crippen LogP contribution is 2.05. The lowest BCUT2D eigenvalue weighted by Gasteiger charge is -2.35. The molecule has 0 bridgehead atoms. The number of unbranched alkanes of at least 4 members (excludes halogenated alkanes) is 2. The van der Waals surface area contributed by atoms with E-state index in [1.54, 1.807) is 0 Å². The van der Waals surface area contributed by atoms with Crippen LogP contribution in [0.4, 0.5) is 0 Å². The summed E-state index contributed by atoms with van der Waals surface area (Å²) in [7, 11) is 0. The molecule has 0 saturated carbocycles. The van der Waals surface area contributed by atoms with E-state index < -0.39 is 0 Å². The molecule has 1 atom stereocenters. The first-order chi connectivity index (χ1) is 6.38. The van der Waals surface area contributed by atoms with E-state index in [0.29, 0.717) is 6.04 Å². The van der Waals surface area contributed by atoms with Gasteiger partial charge < -0.3 is 11.1 Å². The third-order valence-electron chi connectivity index (χ3n) is 2.79. The predicted molar refractivity (Wildman–Crippen MR) is 56.8 cm³/mol. The number of nitrogens with one attached hydrogen (secondary N) is 1. The Hall–Kier alpha value is -0.120. The molecule has 0 aromatic carbocycles. The predicted octanol–water partition coefficient (Wildman–Crippen LogP) is 0.409. The molecular formula is C10H23N3. The van der Waals surface area contributed by atoms with Crippen molar-refractivity contribution in [2.75, 3.05) is 32.7 Å². The van der Waals surface area contributed by atoms with Gasteiger partial charge in [0.15, 0.2) is 0 Å². The second-order valence-corrected chi connectivity index (χ2v) is 3.84. The van der Waals surface area contributed by atoms with Crippen LogP contribution in [0.25, 0.3) is 0 Å². The van der Waals surface area contributed by atoms with Crippen LogP contribution in [0.1, 0.15) is 26.2 Å². The molecule has 0 aromatic rings. The van der Waals surface area contributed by atoms with E-state index in [2.05, 4.69) is 17.1 Å². The fourth-order valence-corrected chi connectivity index (χ4v) is 1.89. The van der Waals surface area contributed by atoms with Gasteiger partial charge in [-0.25, -0.2) is 0 Å². The van der Waals surface area contributed by atoms with Crippen molar-refractivity contribution in [2.24, 2.45) is 5.73 Å². The fraction of sp³-hybridized carbons (Fsp3) is 1.00. The second kappa shape index (κ2) is 6.35. The van der Waals surface area contributed by atoms with Gasteiger partial charge in [-0.1, -0.05) is 19.8 Å². The summed E-state index contributed by atoms with van der Waals surface area (Å²) in [4.78, 5) is 2.53. The molecule has 1 unspecified atom stereocenters. The first-order valence-electron chi connectivity index (χ1n) is 5.53. The average Bonchev–Trinajstić information content (AvgIpc) is 2.19. The van der Waals surface area contributed by atoms with Gasteiger partial charge >= 0.3 is 0 Å². The minimum Gasteiger partial charge on any atom is -0.329 e. The molecule has 13 heavy (non-hydrogen) atoms. The zero-order valence-electron chi connectivity index (χ0n) is 8.76. The zero-order valence-corrected chi connectivity index (χ0v) is 8.76. The smallest absolute Gasteiger partial charge is 0.0343 e. The van der Waals surface area contributed by atoms with Gasteiger partial charge in [0.05, 0.1) is 0 Å². The van der Waals surface area contributed by atoms with Crippen LogP contribution in [-0.4, -0.2) is 43.7 Å². The van der Waals surface area contributed by atoms with Crippen molar-refractivity contribution in [2.45, 2.75) is 32.2 Å². The molecule has 3 heteroatoms. The quantitative estimate of drug-likeness (QED) is 0.610. The Morgan fingerprint density at radius 3 is 3.00 bits per heavy atom. The number of nitrogens with two attached hydrogens (primary N) is 1. The van der Waals surface area contributed by atoms with Crippen molar-refractivity contribution in [3.05, 3.63) is 0 Å². The van der Waals surface area contributed by atoms with Gasteiger partial charge in [0.1, 0.15) is 0 Å². The summed E-state index contributed by atoms with van der Waals surface area (Å²) in [5.41, 5.74) is 5.72. The van der Waals surface area contributed by atoms with Crippen LogP contribution in [0.5, 0.6) is 0 Å². The highest BCUT2D eigenvalue weighted by Gasteiger charge is 2.19. The van der Waals surface area contributed by atoms with E-state index >= 15 is 0 Å². The van der Waals surface area contributed by atoms with Crippen LogP contribution in [0, 0.1) is 0 Å². The summed E-state index contributed by atoms with van der Waals surface area (Å²) in [6.07, 6.45) is 3.98. The van der Waals surface area contributed by atoms with Gasteiger partial charge in [-0.2, -0.15) is 0 Å². The minimum atomic E-state index is 0.575. The molecule has 1 aliphatic heterocycles. The molecule has 0 aromatic heterocycles. The molecule has 1 saturated heterocycles. The Labute approximate surface area is 81.7 Å². The van der Waals surface area contributed by atoms with Crippen molar-refractivity contribution in [1.82, 2.24) is 10.2 Å². The highest BCUT2D eigenvalue weighted by molar-refractivity contribution is 4.79. The topological polar surface area (TPSA) is 41.3 Å². The summed E-state index contributed by atoms with van der Waals surface area (Å²) < 4.78 is 0. The second-order valence-electron chi connectivity index (χ2n) is 3.84. The van der Waals surface area contributed by atoms with Crippen LogP contribution in [0.2, 0.25) is 0 Å². The van der Waals surface area contributed by atoms with Gasteiger partial charge in [0.25, 0.3) is 0 Å². The zero-order chi connectivity index (χ0) is 9.52. The fourth-order valence-electron chi connectivity index (χ4n) is 1.89. The highest BCUT2D eigenvalue weighted by atomic mass is 15.2. The Morgan fingerprint density at radius 1 is 1.46 bits per heavy atom. The normalized spacial score (nSPS) is 24.9. The first-order valence-corrected chi connectivity index (χ1v) is 5.53. The summed E-state index contributed by atoms with van der Waals surface area (Å²) in [6.45, 7) is 7.64. The standard InChI is InChI=1S/C10H23N3/c1-2-3-4-6-13-7-5-12-9-10(13)8-11/h10,12H,2-9,11H2,1H3. The Morgan fingerprint density at radius 2 is 2.31 bits per heavy atom. The summed E-state index contributed by atoms with van der Waals surface area (Å²) >= 11 is 0. The maximum Gasteiger partial charge on any atom is 0.0343 e. The van der Waals surface area contributed by atoms with Crippen molar-refractivity contribution < 1.29 is 0 Å². The van der Waals surface area contributed by atoms with Crippen LogP contribution in [0.3, 0.4) is 0 Å². The van der Waals surface area contributed by atoms with Crippen LogP contribution >= 0.6 is 0 Å². The van der Waals surface area contributed by atoms with Gasteiger partial charge in [0, 0.05) is 32.2 Å². The Bertz CT molecular complexity index is 127. The average molecular weight is 185 g/mol. The number of hydrogen-bond donors (Lipinski definition) is 2. The largest absolute Gasteiger partial charge is 0.329 e. The van der Waals surface area contributed by atoms with Gasteiger partial charge in [0.2, 0.25) is 0 Å². The van der Waals surface area contributed by atoms with E-state index in [-0.39, 0.29) is 0 Å². The van der Waals surface area contributed by atoms with Crippen molar-refractivity contribution in [1.29, 1.82) is 0 Å². The molecule has 0 amide bonds. The van der Waals surface area contributed by atoms with Gasteiger partial charge in [-0.3, -0.25) is 4.90 Å². The molecule has 1 aliphatic rings. The molecule has 0 spiro atoms. The molecule has 0 radical (unpaired) electrons. The van der Waals surface area contributed by atoms with Gasteiger partial charge in [-0.15, -0.1) is 0 Å². The monoisotopic (exact) mass is 185 g/mol. The molecule has 3 nitrogen and oxygen atoms in total. The molecule has 1 rings (SSSR count). The van der Waals surface area contributed by atoms with Crippen molar-refractivity contribution >= 4 is 0 Å². The minimum absolute atomic E-state index is 0.575. The van der Waals surface area contributed by atoms with Crippen molar-refractivity contribution in [3.63, 3.8) is 0 Å². The van der Waals surface area contributed by atoms with E-state index in [9.17, 15) is 0 Å². The lowest BCUT2D eigenvalue weighted by molar-refractivity contribution is 0.163. The summed E-state index contributed by atoms with van der Waals surface area (Å²) in [6, 6.07) is 0.575. The van der Waals surface area contributed by atoms with E-state index in [4.69, 9.17) is 5.73 Å². The summed E-state index contributed by atoms with van der Waals surface area (Å²) in [5, 5.41) is 3.38. The molecular weight excluding hydrogens is 162 g/mol. The first kappa shape index (κ1) is 11.0. The van der Waals surface area contributed by atoms with Gasteiger partial charge in [-0.05, 0) is 13.0 Å². The number of rotatable bonds is 5. The van der Waals surface area contributed by atoms with Crippen LogP contribution in [0.15, 0.2) is 0 Å². The maximum atomic E-state index is 5.72. The third-order valence-corrected chi connectivity index (χ3v) is 2.79. The maximum absolute atomic E-state index is 5.72. The van der Waals surface area contributed by atoms with E-state index in [1.165, 1.54) is 32.4 Å². The van der Waals surface area contributed by atoms with Crippen LogP contribution < -0.4 is 11.1 Å². The third kappa shape index (κ3) is 3.63. The van der Waals surface area contributed by atoms with E-state index in [0.717, 1.165) is 19.6 Å². The Kier molecular flexibility index (Phi) is 5.35. The molecule has 78 valence electrons. The lowest BCUT2D eigenvalue weighted by atomic mass is 10.1. The molecule has 1 heterocycles. The molecule has 0 aliphatic carbocycles. The molecule has 1 fully saturated rings. The molecule has 3 N–H and O–H groups in total. The number of nitrogens with zero attached hydrogens (tertiary/aromatic N) is 1. The Balaban J connectivity index is 2.19. The van der Waals surface area contributed by atoms with E-state index in [1.807, 2.05) is 0 Å². The summed E-state index contributed by atoms with van der Waals surface area (Å²) in [5.74, 6) is 0. The SMILES string of the molecule is CCCCCN1CCNCC1CN. The number of piperazine rings is 1.